The second kappa shape index (κ2) is 5.98. The summed E-state index contributed by atoms with van der Waals surface area (Å²) in [5.74, 6) is 1.26. The Morgan fingerprint density at radius 3 is 2.89 bits per heavy atom. The summed E-state index contributed by atoms with van der Waals surface area (Å²) < 4.78 is 11.1. The molecule has 19 heavy (non-hydrogen) atoms. The van der Waals surface area contributed by atoms with Gasteiger partial charge in [0.25, 0.3) is 0 Å². The molecule has 1 aliphatic rings. The molecule has 0 spiro atoms. The Labute approximate surface area is 114 Å². The molecule has 0 amide bonds. The number of aromatic nitrogens is 2. The van der Waals surface area contributed by atoms with Crippen molar-refractivity contribution in [1.29, 1.82) is 0 Å². The summed E-state index contributed by atoms with van der Waals surface area (Å²) in [7, 11) is 0. The Kier molecular flexibility index (Phi) is 4.54. The average molecular weight is 268 g/mol. The van der Waals surface area contributed by atoms with Crippen LogP contribution in [-0.2, 0) is 10.2 Å². The van der Waals surface area contributed by atoms with Gasteiger partial charge in [-0.25, -0.2) is 0 Å². The first-order valence-corrected chi connectivity index (χ1v) is 7.01. The first-order chi connectivity index (χ1) is 9.12. The highest BCUT2D eigenvalue weighted by Crippen LogP contribution is 2.27. The molecule has 1 aromatic heterocycles. The van der Waals surface area contributed by atoms with Gasteiger partial charge in [0.15, 0.2) is 0 Å². The molecular weight excluding hydrogens is 244 g/mol. The number of ether oxygens (including phenoxy) is 1. The topological polar surface area (TPSA) is 77.4 Å². The Morgan fingerprint density at radius 1 is 1.47 bits per heavy atom. The molecule has 2 unspecified atom stereocenters. The summed E-state index contributed by atoms with van der Waals surface area (Å²) >= 11 is 0. The molecule has 6 nitrogen and oxygen atoms in total. The van der Waals surface area contributed by atoms with E-state index in [1.54, 1.807) is 0 Å². The summed E-state index contributed by atoms with van der Waals surface area (Å²) in [6.45, 7) is 10.3. The molecule has 0 aliphatic carbocycles. The van der Waals surface area contributed by atoms with Gasteiger partial charge in [-0.15, -0.1) is 0 Å². The number of nitrogens with two attached hydrogens (primary N) is 1. The van der Waals surface area contributed by atoms with E-state index in [0.717, 1.165) is 26.1 Å². The second-order valence-electron chi connectivity index (χ2n) is 5.33. The van der Waals surface area contributed by atoms with Crippen molar-refractivity contribution < 1.29 is 9.26 Å². The molecule has 1 aliphatic heterocycles. The van der Waals surface area contributed by atoms with Crippen LogP contribution in [0.3, 0.4) is 0 Å². The molecule has 6 heteroatoms. The zero-order valence-electron chi connectivity index (χ0n) is 12.1. The van der Waals surface area contributed by atoms with Gasteiger partial charge < -0.3 is 15.0 Å². The molecule has 0 aromatic carbocycles. The van der Waals surface area contributed by atoms with Crippen LogP contribution < -0.4 is 5.73 Å². The predicted octanol–water partition coefficient (Wildman–Crippen LogP) is 1.09. The fraction of sp³-hybridized carbons (Fsp3) is 0.846. The van der Waals surface area contributed by atoms with E-state index >= 15 is 0 Å². The number of hydrogen-bond donors (Lipinski definition) is 1. The van der Waals surface area contributed by atoms with Gasteiger partial charge in [-0.3, -0.25) is 4.90 Å². The molecule has 2 heterocycles. The third-order valence-electron chi connectivity index (χ3n) is 4.07. The first-order valence-electron chi connectivity index (χ1n) is 7.01. The van der Waals surface area contributed by atoms with Crippen molar-refractivity contribution in [2.24, 2.45) is 5.73 Å². The molecule has 2 rings (SSSR count). The van der Waals surface area contributed by atoms with Crippen molar-refractivity contribution in [2.75, 3.05) is 32.8 Å². The Balaban J connectivity index is 2.12. The lowest BCUT2D eigenvalue weighted by molar-refractivity contribution is -0.0334. The van der Waals surface area contributed by atoms with E-state index in [4.69, 9.17) is 15.0 Å². The summed E-state index contributed by atoms with van der Waals surface area (Å²) in [4.78, 5) is 6.83. The number of rotatable bonds is 5. The molecule has 2 N–H and O–H groups in total. The lowest BCUT2D eigenvalue weighted by Crippen LogP contribution is -2.38. The summed E-state index contributed by atoms with van der Waals surface area (Å²) in [6.07, 6.45) is 0.780. The number of nitrogens with zero attached hydrogens (tertiary/aromatic N) is 3. The minimum Gasteiger partial charge on any atom is -0.367 e. The van der Waals surface area contributed by atoms with Crippen LogP contribution in [0.5, 0.6) is 0 Å². The van der Waals surface area contributed by atoms with Crippen LogP contribution in [0.2, 0.25) is 0 Å². The third kappa shape index (κ3) is 2.96. The van der Waals surface area contributed by atoms with Gasteiger partial charge in [-0.2, -0.15) is 4.98 Å². The number of likely N-dealkylation sites (N-methyl/N-ethyl adjacent to an activating group) is 1. The van der Waals surface area contributed by atoms with E-state index in [-0.39, 0.29) is 11.5 Å². The largest absolute Gasteiger partial charge is 0.367 e. The van der Waals surface area contributed by atoms with Crippen molar-refractivity contribution in [1.82, 2.24) is 15.0 Å². The standard InChI is InChI=1S/C13H24N4O2/c1-4-13(3,9-14)12-15-11(16-19-12)10-8-17(5-2)6-7-18-10/h10H,4-9,14H2,1-3H3. The van der Waals surface area contributed by atoms with E-state index in [1.807, 2.05) is 6.92 Å². The van der Waals surface area contributed by atoms with E-state index in [2.05, 4.69) is 28.9 Å². The van der Waals surface area contributed by atoms with Gasteiger partial charge in [-0.1, -0.05) is 19.0 Å². The Morgan fingerprint density at radius 2 is 2.26 bits per heavy atom. The molecule has 108 valence electrons. The molecular formula is C13H24N4O2. The monoisotopic (exact) mass is 268 g/mol. The average Bonchev–Trinajstić information content (AvgIpc) is 2.97. The quantitative estimate of drug-likeness (QED) is 0.861. The summed E-state index contributed by atoms with van der Waals surface area (Å²) in [6, 6.07) is 0. The predicted molar refractivity (Wildman–Crippen MR) is 71.8 cm³/mol. The highest BCUT2D eigenvalue weighted by atomic mass is 16.5. The van der Waals surface area contributed by atoms with Gasteiger partial charge in [0.1, 0.15) is 6.10 Å². The maximum atomic E-state index is 5.81. The van der Waals surface area contributed by atoms with Crippen molar-refractivity contribution in [3.05, 3.63) is 11.7 Å². The molecule has 0 radical (unpaired) electrons. The Bertz CT molecular complexity index is 403. The minimum atomic E-state index is -0.246. The van der Waals surface area contributed by atoms with Crippen molar-refractivity contribution >= 4 is 0 Å². The number of hydrogen-bond acceptors (Lipinski definition) is 6. The van der Waals surface area contributed by atoms with E-state index in [9.17, 15) is 0 Å². The van der Waals surface area contributed by atoms with Crippen molar-refractivity contribution in [2.45, 2.75) is 38.7 Å². The lowest BCUT2D eigenvalue weighted by atomic mass is 9.88. The van der Waals surface area contributed by atoms with Gasteiger partial charge >= 0.3 is 0 Å². The van der Waals surface area contributed by atoms with Gasteiger partial charge in [0.2, 0.25) is 11.7 Å². The molecule has 1 saturated heterocycles. The lowest BCUT2D eigenvalue weighted by Gasteiger charge is -2.30. The normalized spacial score (nSPS) is 24.3. The smallest absolute Gasteiger partial charge is 0.233 e. The van der Waals surface area contributed by atoms with Crippen molar-refractivity contribution in [3.63, 3.8) is 0 Å². The van der Waals surface area contributed by atoms with Crippen LogP contribution in [0.25, 0.3) is 0 Å². The van der Waals surface area contributed by atoms with Gasteiger partial charge in [0, 0.05) is 19.6 Å². The maximum absolute atomic E-state index is 5.81. The number of morpholine rings is 1. The highest BCUT2D eigenvalue weighted by Gasteiger charge is 2.32. The second-order valence-corrected chi connectivity index (χ2v) is 5.33. The van der Waals surface area contributed by atoms with E-state index in [0.29, 0.717) is 24.9 Å². The molecule has 0 saturated carbocycles. The zero-order valence-corrected chi connectivity index (χ0v) is 12.1. The summed E-state index contributed by atoms with van der Waals surface area (Å²) in [5.41, 5.74) is 5.57. The van der Waals surface area contributed by atoms with E-state index < -0.39 is 0 Å². The third-order valence-corrected chi connectivity index (χ3v) is 4.07. The van der Waals surface area contributed by atoms with Crippen LogP contribution in [0.4, 0.5) is 0 Å². The fourth-order valence-electron chi connectivity index (χ4n) is 2.14. The minimum absolute atomic E-state index is 0.0925. The molecule has 0 bridgehead atoms. The summed E-state index contributed by atoms with van der Waals surface area (Å²) in [5, 5.41) is 4.08. The van der Waals surface area contributed by atoms with Gasteiger partial charge in [-0.05, 0) is 19.9 Å². The zero-order chi connectivity index (χ0) is 13.9. The van der Waals surface area contributed by atoms with Gasteiger partial charge in [0.05, 0.1) is 12.0 Å². The molecule has 2 atom stereocenters. The van der Waals surface area contributed by atoms with Crippen LogP contribution in [0, 0.1) is 0 Å². The SMILES string of the molecule is CCN1CCOC(c2noc(C(C)(CC)CN)n2)C1. The highest BCUT2D eigenvalue weighted by molar-refractivity contribution is 5.05. The van der Waals surface area contributed by atoms with Crippen LogP contribution >= 0.6 is 0 Å². The fourth-order valence-corrected chi connectivity index (χ4v) is 2.14. The van der Waals surface area contributed by atoms with Crippen LogP contribution in [0.15, 0.2) is 4.52 Å². The maximum Gasteiger partial charge on any atom is 0.233 e. The van der Waals surface area contributed by atoms with E-state index in [1.165, 1.54) is 0 Å². The Hall–Kier alpha value is -0.980. The molecule has 1 aromatic rings. The van der Waals surface area contributed by atoms with Crippen LogP contribution in [0.1, 0.15) is 45.0 Å². The first kappa shape index (κ1) is 14.4. The molecule has 1 fully saturated rings. The van der Waals surface area contributed by atoms with Crippen LogP contribution in [-0.4, -0.2) is 47.8 Å². The van der Waals surface area contributed by atoms with Crippen molar-refractivity contribution in [3.8, 4) is 0 Å².